The van der Waals surface area contributed by atoms with Gasteiger partial charge in [-0.05, 0) is 25.7 Å². The highest BCUT2D eigenvalue weighted by atomic mass is 16.5. The number of esters is 1. The summed E-state index contributed by atoms with van der Waals surface area (Å²) in [5, 5.41) is 3.51. The summed E-state index contributed by atoms with van der Waals surface area (Å²) in [5.41, 5.74) is 0. The molecule has 1 aliphatic rings. The minimum absolute atomic E-state index is 0.247. The number of carbonyl (C=O) groups excluding carboxylic acids is 1. The molecule has 3 nitrogen and oxygen atoms in total. The minimum atomic E-state index is -0.247. The molecule has 1 aliphatic carbocycles. The van der Waals surface area contributed by atoms with E-state index < -0.39 is 0 Å². The van der Waals surface area contributed by atoms with Crippen molar-refractivity contribution < 1.29 is 9.53 Å². The van der Waals surface area contributed by atoms with Crippen LogP contribution in [0.15, 0.2) is 12.2 Å². The molecular formula is C14H25NO2. The Labute approximate surface area is 105 Å². The Morgan fingerprint density at radius 2 is 2.12 bits per heavy atom. The summed E-state index contributed by atoms with van der Waals surface area (Å²) >= 11 is 0. The van der Waals surface area contributed by atoms with Gasteiger partial charge < -0.3 is 10.1 Å². The van der Waals surface area contributed by atoms with E-state index in [0.29, 0.717) is 12.6 Å². The van der Waals surface area contributed by atoms with Gasteiger partial charge in [0, 0.05) is 18.7 Å². The van der Waals surface area contributed by atoms with E-state index in [1.54, 1.807) is 0 Å². The van der Waals surface area contributed by atoms with Crippen LogP contribution in [0.5, 0.6) is 0 Å². The summed E-state index contributed by atoms with van der Waals surface area (Å²) in [4.78, 5) is 11.1. The molecule has 0 amide bonds. The molecule has 98 valence electrons. The summed E-state index contributed by atoms with van der Waals surface area (Å²) in [7, 11) is 0. The van der Waals surface area contributed by atoms with Gasteiger partial charge in [-0.1, -0.05) is 32.3 Å². The standard InChI is InChI=1S/C14H25NO2/c1-3-17-14(16)10-7-11-15-13-9-6-4-5-8-12(13)2/h7,10,12-13,15H,3-6,8-9,11H2,1-2H3/b10-7+. The lowest BCUT2D eigenvalue weighted by Gasteiger charge is -2.21. The van der Waals surface area contributed by atoms with E-state index >= 15 is 0 Å². The van der Waals surface area contributed by atoms with Crippen LogP contribution >= 0.6 is 0 Å². The molecule has 0 saturated heterocycles. The summed E-state index contributed by atoms with van der Waals surface area (Å²) < 4.78 is 4.82. The molecule has 2 unspecified atom stereocenters. The second-order valence-corrected chi connectivity index (χ2v) is 4.78. The number of nitrogens with one attached hydrogen (secondary N) is 1. The van der Waals surface area contributed by atoms with Gasteiger partial charge in [0.2, 0.25) is 0 Å². The number of carbonyl (C=O) groups is 1. The highest BCUT2D eigenvalue weighted by Gasteiger charge is 2.18. The summed E-state index contributed by atoms with van der Waals surface area (Å²) in [6, 6.07) is 0.601. The van der Waals surface area contributed by atoms with Crippen LogP contribution in [0.25, 0.3) is 0 Å². The van der Waals surface area contributed by atoms with E-state index in [9.17, 15) is 4.79 Å². The monoisotopic (exact) mass is 239 g/mol. The van der Waals surface area contributed by atoms with Crippen molar-refractivity contribution in [2.75, 3.05) is 13.2 Å². The Balaban J connectivity index is 2.22. The third-order valence-electron chi connectivity index (χ3n) is 3.40. The lowest BCUT2D eigenvalue weighted by Crippen LogP contribution is -2.34. The van der Waals surface area contributed by atoms with Crippen molar-refractivity contribution in [3.05, 3.63) is 12.2 Å². The van der Waals surface area contributed by atoms with Gasteiger partial charge in [0.05, 0.1) is 6.61 Å². The zero-order valence-electron chi connectivity index (χ0n) is 11.1. The van der Waals surface area contributed by atoms with E-state index in [1.807, 2.05) is 13.0 Å². The Kier molecular flexibility index (Phi) is 6.94. The zero-order valence-corrected chi connectivity index (χ0v) is 11.1. The van der Waals surface area contributed by atoms with Crippen molar-refractivity contribution >= 4 is 5.97 Å². The van der Waals surface area contributed by atoms with Crippen molar-refractivity contribution in [2.24, 2.45) is 5.92 Å². The van der Waals surface area contributed by atoms with Gasteiger partial charge in [-0.3, -0.25) is 0 Å². The number of rotatable bonds is 5. The fourth-order valence-electron chi connectivity index (χ4n) is 2.36. The topological polar surface area (TPSA) is 38.3 Å². The first-order valence-electron chi connectivity index (χ1n) is 6.80. The van der Waals surface area contributed by atoms with Gasteiger partial charge in [-0.15, -0.1) is 0 Å². The normalized spacial score (nSPS) is 25.8. The molecule has 1 saturated carbocycles. The van der Waals surface area contributed by atoms with Crippen LogP contribution in [0.3, 0.4) is 0 Å². The highest BCUT2D eigenvalue weighted by Crippen LogP contribution is 2.22. The third kappa shape index (κ3) is 5.87. The first-order valence-corrected chi connectivity index (χ1v) is 6.80. The lowest BCUT2D eigenvalue weighted by molar-refractivity contribution is -0.137. The van der Waals surface area contributed by atoms with E-state index in [0.717, 1.165) is 12.5 Å². The van der Waals surface area contributed by atoms with E-state index in [-0.39, 0.29) is 5.97 Å². The van der Waals surface area contributed by atoms with Crippen molar-refractivity contribution in [3.8, 4) is 0 Å². The molecule has 1 N–H and O–H groups in total. The summed E-state index contributed by atoms with van der Waals surface area (Å²) in [6.45, 7) is 5.33. The average molecular weight is 239 g/mol. The van der Waals surface area contributed by atoms with Crippen molar-refractivity contribution in [3.63, 3.8) is 0 Å². The smallest absolute Gasteiger partial charge is 0.330 e. The van der Waals surface area contributed by atoms with Crippen LogP contribution in [-0.4, -0.2) is 25.2 Å². The Morgan fingerprint density at radius 1 is 1.35 bits per heavy atom. The largest absolute Gasteiger partial charge is 0.463 e. The maximum absolute atomic E-state index is 11.1. The molecule has 0 spiro atoms. The lowest BCUT2D eigenvalue weighted by atomic mass is 9.97. The molecule has 1 fully saturated rings. The predicted molar refractivity (Wildman–Crippen MR) is 69.8 cm³/mol. The maximum atomic E-state index is 11.1. The second kappa shape index (κ2) is 8.29. The Bertz CT molecular complexity index is 251. The number of hydrogen-bond donors (Lipinski definition) is 1. The van der Waals surface area contributed by atoms with Gasteiger partial charge in [0.15, 0.2) is 0 Å². The van der Waals surface area contributed by atoms with E-state index in [4.69, 9.17) is 4.74 Å². The molecular weight excluding hydrogens is 214 g/mol. The highest BCUT2D eigenvalue weighted by molar-refractivity contribution is 5.81. The van der Waals surface area contributed by atoms with E-state index in [2.05, 4.69) is 12.2 Å². The summed E-state index contributed by atoms with van der Waals surface area (Å²) in [5.74, 6) is 0.497. The van der Waals surface area contributed by atoms with Gasteiger partial charge in [-0.25, -0.2) is 4.79 Å². The average Bonchev–Trinajstić information content (AvgIpc) is 2.50. The van der Waals surface area contributed by atoms with Crippen LogP contribution < -0.4 is 5.32 Å². The van der Waals surface area contributed by atoms with Crippen LogP contribution in [0, 0.1) is 5.92 Å². The third-order valence-corrected chi connectivity index (χ3v) is 3.40. The first kappa shape index (κ1) is 14.2. The molecule has 3 heteroatoms. The molecule has 1 rings (SSSR count). The van der Waals surface area contributed by atoms with Crippen LogP contribution in [0.4, 0.5) is 0 Å². The number of hydrogen-bond acceptors (Lipinski definition) is 3. The predicted octanol–water partition coefficient (Wildman–Crippen LogP) is 2.66. The van der Waals surface area contributed by atoms with Crippen molar-refractivity contribution in [2.45, 2.75) is 52.0 Å². The van der Waals surface area contributed by atoms with Crippen molar-refractivity contribution in [1.82, 2.24) is 5.32 Å². The van der Waals surface area contributed by atoms with Gasteiger partial charge >= 0.3 is 5.97 Å². The van der Waals surface area contributed by atoms with Crippen LogP contribution in [0.1, 0.15) is 46.0 Å². The van der Waals surface area contributed by atoms with Crippen LogP contribution in [-0.2, 0) is 9.53 Å². The first-order chi connectivity index (χ1) is 8.24. The quantitative estimate of drug-likeness (QED) is 0.455. The molecule has 0 heterocycles. The number of ether oxygens (including phenoxy) is 1. The van der Waals surface area contributed by atoms with Gasteiger partial charge in [-0.2, -0.15) is 0 Å². The fourth-order valence-corrected chi connectivity index (χ4v) is 2.36. The fraction of sp³-hybridized carbons (Fsp3) is 0.786. The molecule has 0 aliphatic heterocycles. The molecule has 0 aromatic heterocycles. The molecule has 0 aromatic rings. The molecule has 0 radical (unpaired) electrons. The SMILES string of the molecule is CCOC(=O)/C=C/CNC1CCCCCC1C. The van der Waals surface area contributed by atoms with E-state index in [1.165, 1.54) is 38.2 Å². The Hall–Kier alpha value is -0.830. The van der Waals surface area contributed by atoms with Crippen LogP contribution in [0.2, 0.25) is 0 Å². The van der Waals surface area contributed by atoms with Gasteiger partial charge in [0.25, 0.3) is 0 Å². The minimum Gasteiger partial charge on any atom is -0.463 e. The molecule has 17 heavy (non-hydrogen) atoms. The second-order valence-electron chi connectivity index (χ2n) is 4.78. The molecule has 2 atom stereocenters. The summed E-state index contributed by atoms with van der Waals surface area (Å²) in [6.07, 6.45) is 9.99. The molecule has 0 aromatic carbocycles. The van der Waals surface area contributed by atoms with Crippen molar-refractivity contribution in [1.29, 1.82) is 0 Å². The van der Waals surface area contributed by atoms with Gasteiger partial charge in [0.1, 0.15) is 0 Å². The maximum Gasteiger partial charge on any atom is 0.330 e. The molecule has 0 bridgehead atoms. The Morgan fingerprint density at radius 3 is 2.88 bits per heavy atom. The zero-order chi connectivity index (χ0) is 12.5.